The van der Waals surface area contributed by atoms with E-state index in [2.05, 4.69) is 36.7 Å². The van der Waals surface area contributed by atoms with Gasteiger partial charge < -0.3 is 26.0 Å². The molecule has 10 nitrogen and oxygen atoms in total. The van der Waals surface area contributed by atoms with Gasteiger partial charge in [0, 0.05) is 6.54 Å². The van der Waals surface area contributed by atoms with Crippen LogP contribution in [0, 0.1) is 0 Å². The molecular weight excluding hydrogens is 512 g/mol. The third-order valence-electron chi connectivity index (χ3n) is 7.43. The molecule has 2 fully saturated rings. The number of nitrogens with one attached hydrogen (secondary N) is 3. The van der Waals surface area contributed by atoms with Crippen molar-refractivity contribution in [1.29, 1.82) is 0 Å². The molecule has 0 aromatic rings. The van der Waals surface area contributed by atoms with Gasteiger partial charge in [-0.1, -0.05) is 85.0 Å². The van der Waals surface area contributed by atoms with Crippen molar-refractivity contribution in [3.63, 3.8) is 0 Å². The van der Waals surface area contributed by atoms with Crippen LogP contribution in [-0.4, -0.2) is 70.8 Å². The summed E-state index contributed by atoms with van der Waals surface area (Å²) in [7, 11) is 0. The highest BCUT2D eigenvalue weighted by Gasteiger charge is 2.36. The van der Waals surface area contributed by atoms with E-state index in [1.165, 1.54) is 37.0 Å². The number of aliphatic hydroxyl groups is 1. The topological polar surface area (TPSA) is 145 Å². The molecule has 40 heavy (non-hydrogen) atoms. The average Bonchev–Trinajstić information content (AvgIpc) is 3.43. The fraction of sp³-hybridized carbons (Fsp3) is 0.833. The van der Waals surface area contributed by atoms with Crippen LogP contribution in [0.4, 0.5) is 4.79 Å². The van der Waals surface area contributed by atoms with Gasteiger partial charge in [0.2, 0.25) is 17.6 Å². The fourth-order valence-electron chi connectivity index (χ4n) is 5.23. The zero-order chi connectivity index (χ0) is 29.8. The van der Waals surface area contributed by atoms with Gasteiger partial charge in [0.15, 0.2) is 6.29 Å². The van der Waals surface area contributed by atoms with Gasteiger partial charge in [0.1, 0.15) is 11.8 Å². The standard InChI is InChI=1S/C27H46N4O6.C3H8/c1-2-3-4-5-6-7-8-10-14-21(23(33)20-32)29-25(35)22-15-13-18-31(22)24(34)19-28-26(36)30-27(37)16-11-9-12-17-27;1-3-2/h20-22,37H,2-19H2,1H3,(H,29,35)(H2,28,30,36);3H2,1-2H3/t21-,22?;/m0./s1. The van der Waals surface area contributed by atoms with Crippen LogP contribution in [0.25, 0.3) is 0 Å². The van der Waals surface area contributed by atoms with Gasteiger partial charge in [-0.15, -0.1) is 0 Å². The molecular formula is C30H54N4O6. The summed E-state index contributed by atoms with van der Waals surface area (Å²) in [4.78, 5) is 62.6. The number of likely N-dealkylation sites (tertiary alicyclic amines) is 1. The van der Waals surface area contributed by atoms with Crippen LogP contribution < -0.4 is 16.0 Å². The molecule has 1 saturated carbocycles. The Balaban J connectivity index is 0.00000254. The number of amides is 4. The Bertz CT molecular complexity index is 784. The first-order valence-corrected chi connectivity index (χ1v) is 15.6. The second-order valence-electron chi connectivity index (χ2n) is 11.2. The first-order chi connectivity index (χ1) is 19.2. The van der Waals surface area contributed by atoms with E-state index in [9.17, 15) is 29.1 Å². The Morgan fingerprint density at radius 3 is 2.12 bits per heavy atom. The van der Waals surface area contributed by atoms with Gasteiger partial charge in [-0.2, -0.15) is 0 Å². The summed E-state index contributed by atoms with van der Waals surface area (Å²) >= 11 is 0. The average molecular weight is 567 g/mol. The number of unbranched alkanes of at least 4 members (excludes halogenated alkanes) is 7. The van der Waals surface area contributed by atoms with Crippen LogP contribution in [-0.2, 0) is 19.2 Å². The van der Waals surface area contributed by atoms with Crippen LogP contribution >= 0.6 is 0 Å². The molecule has 1 saturated heterocycles. The molecule has 1 aliphatic carbocycles. The molecule has 2 rings (SSSR count). The number of nitrogens with zero attached hydrogens (tertiary/aromatic N) is 1. The minimum atomic E-state index is -1.25. The highest BCUT2D eigenvalue weighted by molar-refractivity contribution is 6.28. The number of Topliss-reactive ketones (excluding diaryl/α,β-unsaturated/α-hetero) is 1. The Labute approximate surface area is 240 Å². The summed E-state index contributed by atoms with van der Waals surface area (Å²) in [6.07, 6.45) is 15.3. The molecule has 0 radical (unpaired) electrons. The number of carbonyl (C=O) groups is 5. The zero-order valence-corrected chi connectivity index (χ0v) is 25.1. The summed E-state index contributed by atoms with van der Waals surface area (Å²) in [6, 6.07) is -2.26. The molecule has 2 atom stereocenters. The normalized spacial score (nSPS) is 18.6. The molecule has 4 N–H and O–H groups in total. The molecule has 0 aromatic heterocycles. The van der Waals surface area contributed by atoms with Gasteiger partial charge in [0.05, 0.1) is 12.6 Å². The van der Waals surface area contributed by atoms with Crippen molar-refractivity contribution in [1.82, 2.24) is 20.9 Å². The molecule has 10 heteroatoms. The first-order valence-electron chi connectivity index (χ1n) is 15.6. The largest absolute Gasteiger partial charge is 0.371 e. The van der Waals surface area contributed by atoms with Gasteiger partial charge in [-0.25, -0.2) is 4.79 Å². The number of ketones is 1. The van der Waals surface area contributed by atoms with Crippen molar-refractivity contribution < 1.29 is 29.1 Å². The van der Waals surface area contributed by atoms with Crippen LogP contribution in [0.1, 0.15) is 130 Å². The number of hydrogen-bond acceptors (Lipinski definition) is 6. The quantitative estimate of drug-likeness (QED) is 0.0957. The molecule has 230 valence electrons. The third-order valence-corrected chi connectivity index (χ3v) is 7.43. The maximum Gasteiger partial charge on any atom is 0.317 e. The van der Waals surface area contributed by atoms with E-state index >= 15 is 0 Å². The van der Waals surface area contributed by atoms with E-state index in [0.717, 1.165) is 44.9 Å². The predicted molar refractivity (Wildman–Crippen MR) is 155 cm³/mol. The minimum absolute atomic E-state index is 0.246. The Hall–Kier alpha value is -2.49. The van der Waals surface area contributed by atoms with Gasteiger partial charge in [-0.05, 0) is 44.9 Å². The number of urea groups is 1. The molecule has 2 aliphatic rings. The number of rotatable bonds is 16. The summed E-state index contributed by atoms with van der Waals surface area (Å²) in [5, 5.41) is 18.2. The second-order valence-corrected chi connectivity index (χ2v) is 11.2. The first kappa shape index (κ1) is 35.5. The lowest BCUT2D eigenvalue weighted by atomic mass is 9.92. The third kappa shape index (κ3) is 13.7. The van der Waals surface area contributed by atoms with Gasteiger partial charge in [-0.3, -0.25) is 19.2 Å². The molecule has 1 aliphatic heterocycles. The van der Waals surface area contributed by atoms with Crippen LogP contribution in [0.15, 0.2) is 0 Å². The van der Waals surface area contributed by atoms with Crippen molar-refractivity contribution in [2.45, 2.75) is 148 Å². The highest BCUT2D eigenvalue weighted by atomic mass is 16.3. The SMILES string of the molecule is CCC.CCCCCCCCCC[C@H](NC(=O)C1CCCN1C(=O)CNC(=O)NC1(O)CCCCC1)C(=O)C=O. The maximum absolute atomic E-state index is 13.0. The smallest absolute Gasteiger partial charge is 0.317 e. The van der Waals surface area contributed by atoms with Gasteiger partial charge in [0.25, 0.3) is 0 Å². The van der Waals surface area contributed by atoms with E-state index in [4.69, 9.17) is 0 Å². The van der Waals surface area contributed by atoms with Crippen LogP contribution in [0.3, 0.4) is 0 Å². The van der Waals surface area contributed by atoms with Crippen LogP contribution in [0.2, 0.25) is 0 Å². The summed E-state index contributed by atoms with van der Waals surface area (Å²) in [6.45, 7) is 6.49. The van der Waals surface area contributed by atoms with Crippen molar-refractivity contribution in [3.05, 3.63) is 0 Å². The van der Waals surface area contributed by atoms with Crippen molar-refractivity contribution in [2.75, 3.05) is 13.1 Å². The molecule has 0 bridgehead atoms. The molecule has 0 aromatic carbocycles. The highest BCUT2D eigenvalue weighted by Crippen LogP contribution is 2.25. The lowest BCUT2D eigenvalue weighted by Crippen LogP contribution is -2.55. The van der Waals surface area contributed by atoms with Gasteiger partial charge >= 0.3 is 6.03 Å². The van der Waals surface area contributed by atoms with Crippen LogP contribution in [0.5, 0.6) is 0 Å². The Kier molecular flexibility index (Phi) is 18.1. The number of aldehydes is 1. The predicted octanol–water partition coefficient (Wildman–Crippen LogP) is 4.13. The Morgan fingerprint density at radius 1 is 0.925 bits per heavy atom. The Morgan fingerprint density at radius 2 is 1.52 bits per heavy atom. The fourth-order valence-corrected chi connectivity index (χ4v) is 5.23. The monoisotopic (exact) mass is 566 g/mol. The van der Waals surface area contributed by atoms with Crippen molar-refractivity contribution >= 4 is 29.9 Å². The second kappa shape index (κ2) is 20.4. The molecule has 1 unspecified atom stereocenters. The summed E-state index contributed by atoms with van der Waals surface area (Å²) in [5.41, 5.74) is -1.25. The summed E-state index contributed by atoms with van der Waals surface area (Å²) in [5.74, 6) is -1.53. The lowest BCUT2D eigenvalue weighted by Gasteiger charge is -2.32. The maximum atomic E-state index is 13.0. The van der Waals surface area contributed by atoms with E-state index < -0.39 is 41.4 Å². The van der Waals surface area contributed by atoms with E-state index in [0.29, 0.717) is 38.6 Å². The van der Waals surface area contributed by atoms with Crippen molar-refractivity contribution in [3.8, 4) is 0 Å². The van der Waals surface area contributed by atoms with E-state index in [-0.39, 0.29) is 12.8 Å². The minimum Gasteiger partial charge on any atom is -0.371 e. The van der Waals surface area contributed by atoms with Crippen molar-refractivity contribution in [2.24, 2.45) is 0 Å². The molecule has 0 spiro atoms. The summed E-state index contributed by atoms with van der Waals surface area (Å²) < 4.78 is 0. The van der Waals surface area contributed by atoms with E-state index in [1.54, 1.807) is 0 Å². The van der Waals surface area contributed by atoms with E-state index in [1.807, 2.05) is 0 Å². The number of carbonyl (C=O) groups excluding carboxylic acids is 5. The molecule has 1 heterocycles. The zero-order valence-electron chi connectivity index (χ0n) is 25.1. The molecule has 4 amide bonds. The lowest BCUT2D eigenvalue weighted by molar-refractivity contribution is -0.139. The number of hydrogen-bond donors (Lipinski definition) is 4.